The second kappa shape index (κ2) is 11.0. The molecule has 6 nitrogen and oxygen atoms in total. The number of nitrogens with one attached hydrogen (secondary N) is 2. The molecule has 2 N–H and O–H groups in total. The minimum Gasteiger partial charge on any atom is -0.346 e. The molecule has 5 rings (SSSR count). The Bertz CT molecular complexity index is 1250. The predicted octanol–water partition coefficient (Wildman–Crippen LogP) is 4.38. The van der Waals surface area contributed by atoms with Crippen molar-refractivity contribution < 1.29 is 9.18 Å². The lowest BCUT2D eigenvalue weighted by Crippen LogP contribution is -2.46. The summed E-state index contributed by atoms with van der Waals surface area (Å²) in [5.41, 5.74) is 3.62. The molecule has 0 radical (unpaired) electrons. The summed E-state index contributed by atoms with van der Waals surface area (Å²) in [6, 6.07) is 16.9. The first-order chi connectivity index (χ1) is 17.6. The van der Waals surface area contributed by atoms with Gasteiger partial charge in [-0.3, -0.25) is 9.69 Å². The lowest BCUT2D eigenvalue weighted by molar-refractivity contribution is -0.119. The van der Waals surface area contributed by atoms with Crippen molar-refractivity contribution in [2.45, 2.75) is 30.8 Å². The van der Waals surface area contributed by atoms with Gasteiger partial charge >= 0.3 is 0 Å². The fourth-order valence-electron chi connectivity index (χ4n) is 4.89. The second-order valence-corrected chi connectivity index (χ2v) is 10.0. The first kappa shape index (κ1) is 24.2. The number of imidazole rings is 1. The van der Waals surface area contributed by atoms with Crippen LogP contribution in [-0.2, 0) is 11.3 Å². The molecular formula is C28H28FN5OS. The van der Waals surface area contributed by atoms with Crippen molar-refractivity contribution in [2.24, 2.45) is 0 Å². The number of piperidine rings is 1. The number of amides is 1. The molecule has 1 unspecified atom stereocenters. The third-order valence-electron chi connectivity index (χ3n) is 6.61. The molecule has 0 spiro atoms. The van der Waals surface area contributed by atoms with E-state index in [1.54, 1.807) is 36.4 Å². The summed E-state index contributed by atoms with van der Waals surface area (Å²) in [6.45, 7) is 2.92. The quantitative estimate of drug-likeness (QED) is 0.471. The van der Waals surface area contributed by atoms with E-state index >= 15 is 0 Å². The summed E-state index contributed by atoms with van der Waals surface area (Å²) in [4.78, 5) is 26.5. The van der Waals surface area contributed by atoms with Crippen molar-refractivity contribution in [2.75, 3.05) is 19.6 Å². The van der Waals surface area contributed by atoms with E-state index in [0.29, 0.717) is 5.70 Å². The van der Waals surface area contributed by atoms with Gasteiger partial charge in [0.1, 0.15) is 16.9 Å². The summed E-state index contributed by atoms with van der Waals surface area (Å²) >= 11 is 1.59. The average Bonchev–Trinajstić information content (AvgIpc) is 3.57. The van der Waals surface area contributed by atoms with Gasteiger partial charge in [-0.15, -0.1) is 6.42 Å². The van der Waals surface area contributed by atoms with Crippen LogP contribution in [0.3, 0.4) is 0 Å². The molecule has 2 aliphatic heterocycles. The summed E-state index contributed by atoms with van der Waals surface area (Å²) in [7, 11) is 0. The zero-order chi connectivity index (χ0) is 24.9. The maximum atomic E-state index is 13.7. The molecule has 1 fully saturated rings. The summed E-state index contributed by atoms with van der Waals surface area (Å²) in [6.07, 6.45) is 10.7. The molecule has 0 saturated carbocycles. The van der Waals surface area contributed by atoms with E-state index in [9.17, 15) is 9.18 Å². The lowest BCUT2D eigenvalue weighted by atomic mass is 10.0. The highest BCUT2D eigenvalue weighted by Crippen LogP contribution is 2.53. The van der Waals surface area contributed by atoms with E-state index in [1.807, 2.05) is 6.07 Å². The molecule has 3 aromatic rings. The first-order valence-corrected chi connectivity index (χ1v) is 12.9. The van der Waals surface area contributed by atoms with Gasteiger partial charge in [0, 0.05) is 30.6 Å². The van der Waals surface area contributed by atoms with Gasteiger partial charge in [-0.2, -0.15) is 0 Å². The van der Waals surface area contributed by atoms with E-state index in [1.165, 1.54) is 17.7 Å². The van der Waals surface area contributed by atoms with Gasteiger partial charge in [0.25, 0.3) is 5.91 Å². The Morgan fingerprint density at radius 2 is 1.92 bits per heavy atom. The zero-order valence-electron chi connectivity index (χ0n) is 19.9. The van der Waals surface area contributed by atoms with Crippen LogP contribution < -0.4 is 5.32 Å². The Labute approximate surface area is 215 Å². The predicted molar refractivity (Wildman–Crippen MR) is 141 cm³/mol. The SMILES string of the molecule is C#CCNC(=O)C1=C(c2ccc(F)cc2)SC(c2cnc[nH]2)N1C1CCN(Cc2ccccc2)CC1. The van der Waals surface area contributed by atoms with Crippen LogP contribution in [0.1, 0.15) is 35.0 Å². The van der Waals surface area contributed by atoms with Gasteiger partial charge in [0.15, 0.2) is 0 Å². The fourth-order valence-corrected chi connectivity index (χ4v) is 6.34. The van der Waals surface area contributed by atoms with Crippen LogP contribution in [0.2, 0.25) is 0 Å². The molecule has 0 aliphatic carbocycles. The summed E-state index contributed by atoms with van der Waals surface area (Å²) < 4.78 is 13.7. The molecule has 8 heteroatoms. The monoisotopic (exact) mass is 501 g/mol. The molecule has 1 amide bonds. The smallest absolute Gasteiger partial charge is 0.269 e. The minimum absolute atomic E-state index is 0.141. The van der Waals surface area contributed by atoms with Gasteiger partial charge in [-0.1, -0.05) is 60.1 Å². The number of benzene rings is 2. The number of likely N-dealkylation sites (tertiary alicyclic amines) is 1. The normalized spacial score (nSPS) is 18.9. The van der Waals surface area contributed by atoms with Crippen LogP contribution in [0, 0.1) is 18.2 Å². The maximum Gasteiger partial charge on any atom is 0.269 e. The Balaban J connectivity index is 1.46. The molecule has 0 bridgehead atoms. The van der Waals surface area contributed by atoms with Crippen LogP contribution in [0.25, 0.3) is 4.91 Å². The zero-order valence-corrected chi connectivity index (χ0v) is 20.7. The highest BCUT2D eigenvalue weighted by Gasteiger charge is 2.42. The van der Waals surface area contributed by atoms with Crippen LogP contribution in [0.15, 0.2) is 72.8 Å². The molecule has 2 aromatic carbocycles. The largest absolute Gasteiger partial charge is 0.346 e. The van der Waals surface area contributed by atoms with Crippen molar-refractivity contribution in [3.05, 3.63) is 95.5 Å². The van der Waals surface area contributed by atoms with Crippen LogP contribution in [0.4, 0.5) is 4.39 Å². The fraction of sp³-hybridized carbons (Fsp3) is 0.286. The molecule has 2 aliphatic rings. The molecular weight excluding hydrogens is 473 g/mol. The highest BCUT2D eigenvalue weighted by molar-refractivity contribution is 8.08. The number of nitrogens with zero attached hydrogens (tertiary/aromatic N) is 3. The third-order valence-corrected chi connectivity index (χ3v) is 7.98. The number of H-pyrrole nitrogens is 1. The number of rotatable bonds is 7. The molecule has 1 saturated heterocycles. The van der Waals surface area contributed by atoms with E-state index < -0.39 is 0 Å². The van der Waals surface area contributed by atoms with E-state index in [2.05, 4.69) is 55.3 Å². The number of aromatic amines is 1. The molecule has 184 valence electrons. The summed E-state index contributed by atoms with van der Waals surface area (Å²) in [5, 5.41) is 2.72. The minimum atomic E-state index is -0.312. The Morgan fingerprint density at radius 1 is 1.17 bits per heavy atom. The number of hydrogen-bond donors (Lipinski definition) is 2. The van der Waals surface area contributed by atoms with Gasteiger partial charge in [0.2, 0.25) is 0 Å². The van der Waals surface area contributed by atoms with Gasteiger partial charge in [-0.25, -0.2) is 9.37 Å². The van der Waals surface area contributed by atoms with Crippen molar-refractivity contribution in [3.8, 4) is 12.3 Å². The number of thioether (sulfide) groups is 1. The molecule has 3 heterocycles. The van der Waals surface area contributed by atoms with Crippen molar-refractivity contribution in [3.63, 3.8) is 0 Å². The van der Waals surface area contributed by atoms with Crippen LogP contribution >= 0.6 is 11.8 Å². The average molecular weight is 502 g/mol. The Kier molecular flexibility index (Phi) is 7.40. The Hall–Kier alpha value is -3.54. The summed E-state index contributed by atoms with van der Waals surface area (Å²) in [5.74, 6) is 1.97. The number of terminal acetylenes is 1. The van der Waals surface area contributed by atoms with Crippen LogP contribution in [0.5, 0.6) is 0 Å². The number of aromatic nitrogens is 2. The number of hydrogen-bond acceptors (Lipinski definition) is 5. The van der Waals surface area contributed by atoms with Gasteiger partial charge < -0.3 is 15.2 Å². The number of halogens is 1. The van der Waals surface area contributed by atoms with Gasteiger partial charge in [0.05, 0.1) is 24.8 Å². The van der Waals surface area contributed by atoms with Crippen molar-refractivity contribution in [1.29, 1.82) is 0 Å². The maximum absolute atomic E-state index is 13.7. The molecule has 1 aromatic heterocycles. The topological polar surface area (TPSA) is 64.3 Å². The van der Waals surface area contributed by atoms with Crippen molar-refractivity contribution in [1.82, 2.24) is 25.1 Å². The number of carbonyl (C=O) groups excluding carboxylic acids is 1. The van der Waals surface area contributed by atoms with Crippen molar-refractivity contribution >= 4 is 22.6 Å². The first-order valence-electron chi connectivity index (χ1n) is 12.1. The van der Waals surface area contributed by atoms with E-state index in [0.717, 1.165) is 48.6 Å². The number of carbonyl (C=O) groups is 1. The highest BCUT2D eigenvalue weighted by atomic mass is 32.2. The van der Waals surface area contributed by atoms with Gasteiger partial charge in [-0.05, 0) is 36.1 Å². The van der Waals surface area contributed by atoms with E-state index in [-0.39, 0.29) is 29.7 Å². The molecule has 36 heavy (non-hydrogen) atoms. The second-order valence-electron chi connectivity index (χ2n) is 8.95. The lowest BCUT2D eigenvalue weighted by Gasteiger charge is -2.41. The molecule has 1 atom stereocenters. The Morgan fingerprint density at radius 3 is 2.58 bits per heavy atom. The third kappa shape index (κ3) is 5.18. The van der Waals surface area contributed by atoms with E-state index in [4.69, 9.17) is 6.42 Å². The van der Waals surface area contributed by atoms with Crippen LogP contribution in [-0.4, -0.2) is 51.4 Å². The standard InChI is InChI=1S/C28H28FN5OS/c1-2-14-31-27(35)25-26(21-8-10-22(29)11-9-21)36-28(24-17-30-19-32-24)34(25)23-12-15-33(16-13-23)18-20-6-4-3-5-7-20/h1,3-11,17,19,23,28H,12-16,18H2,(H,30,32)(H,31,35).